The van der Waals surface area contributed by atoms with Crippen LogP contribution in [0.2, 0.25) is 5.02 Å². The van der Waals surface area contributed by atoms with Crippen LogP contribution in [-0.2, 0) is 10.0 Å². The summed E-state index contributed by atoms with van der Waals surface area (Å²) in [6.45, 7) is 0.273. The first-order valence-corrected chi connectivity index (χ1v) is 7.91. The van der Waals surface area contributed by atoms with Gasteiger partial charge in [-0.05, 0) is 24.1 Å². The Morgan fingerprint density at radius 3 is 2.48 bits per heavy atom. The molecule has 0 amide bonds. The molecule has 0 aliphatic carbocycles. The van der Waals surface area contributed by atoms with Crippen LogP contribution in [0.1, 0.15) is 13.8 Å². The fourth-order valence-electron chi connectivity index (χ4n) is 1.35. The van der Waals surface area contributed by atoms with Gasteiger partial charge in [0.1, 0.15) is 5.75 Å². The van der Waals surface area contributed by atoms with Crippen LogP contribution in [0.3, 0.4) is 0 Å². The molecular weight excluding hydrogens is 328 g/mol. The maximum absolute atomic E-state index is 12.1. The predicted octanol–water partition coefficient (Wildman–Crippen LogP) is 2.24. The molecule has 9 heteroatoms. The van der Waals surface area contributed by atoms with Gasteiger partial charge in [-0.3, -0.25) is 0 Å². The van der Waals surface area contributed by atoms with E-state index in [0.717, 1.165) is 18.2 Å². The van der Waals surface area contributed by atoms with E-state index in [1.807, 2.05) is 0 Å². The second kappa shape index (κ2) is 7.35. The Bertz CT molecular complexity index is 581. The van der Waals surface area contributed by atoms with E-state index in [1.54, 1.807) is 13.8 Å². The van der Waals surface area contributed by atoms with Crippen molar-refractivity contribution in [2.45, 2.75) is 31.5 Å². The van der Waals surface area contributed by atoms with E-state index in [-0.39, 0.29) is 28.1 Å². The van der Waals surface area contributed by atoms with Crippen molar-refractivity contribution in [1.29, 1.82) is 0 Å². The summed E-state index contributed by atoms with van der Waals surface area (Å²) in [7, 11) is -3.89. The highest BCUT2D eigenvalue weighted by Gasteiger charge is 2.19. The molecule has 1 aromatic rings. The van der Waals surface area contributed by atoms with E-state index in [0.29, 0.717) is 0 Å². The van der Waals surface area contributed by atoms with E-state index in [4.69, 9.17) is 11.6 Å². The molecule has 0 aliphatic rings. The molecule has 2 N–H and O–H groups in total. The minimum absolute atomic E-state index is 0.113. The molecule has 1 aromatic carbocycles. The van der Waals surface area contributed by atoms with Gasteiger partial charge in [0.15, 0.2) is 0 Å². The van der Waals surface area contributed by atoms with Crippen LogP contribution in [0.5, 0.6) is 5.75 Å². The van der Waals surface area contributed by atoms with E-state index in [2.05, 4.69) is 9.46 Å². The number of sulfonamides is 1. The molecule has 0 aliphatic heterocycles. The Kier molecular flexibility index (Phi) is 6.33. The number of alkyl halides is 2. The van der Waals surface area contributed by atoms with Crippen LogP contribution >= 0.6 is 11.6 Å². The van der Waals surface area contributed by atoms with Gasteiger partial charge in [-0.2, -0.15) is 8.78 Å². The lowest BCUT2D eigenvalue weighted by molar-refractivity contribution is -0.0498. The minimum atomic E-state index is -3.89. The molecule has 1 unspecified atom stereocenters. The first kappa shape index (κ1) is 18.1. The zero-order valence-electron chi connectivity index (χ0n) is 11.4. The van der Waals surface area contributed by atoms with E-state index < -0.39 is 22.7 Å². The quantitative estimate of drug-likeness (QED) is 0.796. The van der Waals surface area contributed by atoms with Crippen LogP contribution in [0.4, 0.5) is 8.78 Å². The molecule has 0 saturated heterocycles. The average Bonchev–Trinajstić information content (AvgIpc) is 2.37. The summed E-state index contributed by atoms with van der Waals surface area (Å²) in [6, 6.07) is 3.14. The highest BCUT2D eigenvalue weighted by Crippen LogP contribution is 2.28. The number of benzene rings is 1. The Morgan fingerprint density at radius 1 is 1.38 bits per heavy atom. The van der Waals surface area contributed by atoms with Crippen molar-refractivity contribution in [3.63, 3.8) is 0 Å². The van der Waals surface area contributed by atoms with Gasteiger partial charge in [0.2, 0.25) is 10.0 Å². The smallest absolute Gasteiger partial charge is 0.387 e. The second-order valence-corrected chi connectivity index (χ2v) is 6.81. The van der Waals surface area contributed by atoms with Crippen molar-refractivity contribution in [1.82, 2.24) is 4.72 Å². The summed E-state index contributed by atoms with van der Waals surface area (Å²) in [5.74, 6) is -0.425. The summed E-state index contributed by atoms with van der Waals surface area (Å²) in [6.07, 6.45) is -0.836. The Hall–Kier alpha value is -0.960. The number of rotatable bonds is 7. The number of hydrogen-bond donors (Lipinski definition) is 2. The third-order valence-electron chi connectivity index (χ3n) is 2.68. The standard InChI is InChI=1S/C12H16ClF2NO4S/c1-7(2)10(17)6-16-21(18,19)8-3-4-11(9(13)5-8)20-12(14)15/h3-5,7,10,12,16-17H,6H2,1-2H3. The zero-order valence-corrected chi connectivity index (χ0v) is 13.0. The number of ether oxygens (including phenoxy) is 1. The fraction of sp³-hybridized carbons (Fsp3) is 0.500. The van der Waals surface area contributed by atoms with Crippen molar-refractivity contribution in [3.8, 4) is 5.75 Å². The van der Waals surface area contributed by atoms with Gasteiger partial charge in [0, 0.05) is 6.54 Å². The predicted molar refractivity (Wildman–Crippen MR) is 74.1 cm³/mol. The van der Waals surface area contributed by atoms with Gasteiger partial charge in [0.25, 0.3) is 0 Å². The summed E-state index contributed by atoms with van der Waals surface area (Å²) < 4.78 is 54.5. The van der Waals surface area contributed by atoms with Gasteiger partial charge in [-0.15, -0.1) is 0 Å². The molecule has 120 valence electrons. The van der Waals surface area contributed by atoms with Gasteiger partial charge in [-0.1, -0.05) is 25.4 Å². The van der Waals surface area contributed by atoms with E-state index in [9.17, 15) is 22.3 Å². The highest BCUT2D eigenvalue weighted by atomic mass is 35.5. The van der Waals surface area contributed by atoms with Gasteiger partial charge < -0.3 is 9.84 Å². The van der Waals surface area contributed by atoms with Crippen LogP contribution in [-0.4, -0.2) is 32.8 Å². The maximum atomic E-state index is 12.1. The lowest BCUT2D eigenvalue weighted by Crippen LogP contribution is -2.34. The minimum Gasteiger partial charge on any atom is -0.433 e. The van der Waals surface area contributed by atoms with Crippen molar-refractivity contribution < 1.29 is 27.0 Å². The highest BCUT2D eigenvalue weighted by molar-refractivity contribution is 7.89. The molecule has 0 saturated carbocycles. The first-order chi connectivity index (χ1) is 9.63. The molecule has 0 bridgehead atoms. The van der Waals surface area contributed by atoms with E-state index >= 15 is 0 Å². The Labute approximate surface area is 126 Å². The molecule has 1 atom stereocenters. The van der Waals surface area contributed by atoms with Gasteiger partial charge >= 0.3 is 6.61 Å². The molecule has 0 aromatic heterocycles. The third kappa shape index (κ3) is 5.39. The Morgan fingerprint density at radius 2 is 2.00 bits per heavy atom. The lowest BCUT2D eigenvalue weighted by Gasteiger charge is -2.15. The summed E-state index contributed by atoms with van der Waals surface area (Å²) in [5, 5.41) is 9.33. The number of halogens is 3. The lowest BCUT2D eigenvalue weighted by atomic mass is 10.1. The molecule has 0 radical (unpaired) electrons. The van der Waals surface area contributed by atoms with Crippen LogP contribution in [0.15, 0.2) is 23.1 Å². The molecule has 0 fully saturated rings. The molecule has 21 heavy (non-hydrogen) atoms. The van der Waals surface area contributed by atoms with Crippen LogP contribution in [0, 0.1) is 5.92 Å². The molecule has 1 rings (SSSR count). The molecular formula is C12H16ClF2NO4S. The number of aliphatic hydroxyl groups excluding tert-OH is 1. The fourth-order valence-corrected chi connectivity index (χ4v) is 2.72. The van der Waals surface area contributed by atoms with E-state index in [1.165, 1.54) is 0 Å². The van der Waals surface area contributed by atoms with Gasteiger partial charge in [-0.25, -0.2) is 13.1 Å². The van der Waals surface area contributed by atoms with Crippen molar-refractivity contribution >= 4 is 21.6 Å². The summed E-state index contributed by atoms with van der Waals surface area (Å²) in [4.78, 5) is -0.204. The first-order valence-electron chi connectivity index (χ1n) is 6.05. The Balaban J connectivity index is 2.87. The molecule has 0 heterocycles. The number of hydrogen-bond acceptors (Lipinski definition) is 4. The molecule has 0 spiro atoms. The van der Waals surface area contributed by atoms with Crippen LogP contribution in [0.25, 0.3) is 0 Å². The summed E-state index contributed by atoms with van der Waals surface area (Å²) >= 11 is 5.69. The second-order valence-electron chi connectivity index (χ2n) is 4.63. The monoisotopic (exact) mass is 343 g/mol. The largest absolute Gasteiger partial charge is 0.433 e. The van der Waals surface area contributed by atoms with Crippen molar-refractivity contribution in [3.05, 3.63) is 23.2 Å². The SMILES string of the molecule is CC(C)C(O)CNS(=O)(=O)c1ccc(OC(F)F)c(Cl)c1. The van der Waals surface area contributed by atoms with Crippen LogP contribution < -0.4 is 9.46 Å². The number of aliphatic hydroxyl groups is 1. The number of nitrogens with one attached hydrogen (secondary N) is 1. The normalized spacial score (nSPS) is 13.7. The third-order valence-corrected chi connectivity index (χ3v) is 4.40. The zero-order chi connectivity index (χ0) is 16.2. The summed E-state index contributed by atoms with van der Waals surface area (Å²) in [5.41, 5.74) is 0. The average molecular weight is 344 g/mol. The van der Waals surface area contributed by atoms with Crippen molar-refractivity contribution in [2.75, 3.05) is 6.54 Å². The van der Waals surface area contributed by atoms with Gasteiger partial charge in [0.05, 0.1) is 16.0 Å². The topological polar surface area (TPSA) is 75.6 Å². The molecule has 5 nitrogen and oxygen atoms in total. The van der Waals surface area contributed by atoms with Crippen molar-refractivity contribution in [2.24, 2.45) is 5.92 Å². The maximum Gasteiger partial charge on any atom is 0.387 e.